The van der Waals surface area contributed by atoms with E-state index in [0.29, 0.717) is 17.3 Å². The molecule has 0 radical (unpaired) electrons. The summed E-state index contributed by atoms with van der Waals surface area (Å²) in [5.41, 5.74) is 1.49. The minimum absolute atomic E-state index is 0.350. The quantitative estimate of drug-likeness (QED) is 0.672. The Labute approximate surface area is 97.4 Å². The lowest BCUT2D eigenvalue weighted by atomic mass is 10.1. The number of fused-ring (bicyclic) bond motifs is 2. The van der Waals surface area contributed by atoms with E-state index in [0.717, 1.165) is 11.4 Å². The fourth-order valence-corrected chi connectivity index (χ4v) is 2.10. The fourth-order valence-electron chi connectivity index (χ4n) is 1.84. The molecule has 0 amide bonds. The summed E-state index contributed by atoms with van der Waals surface area (Å²) in [4.78, 5) is 6.35. The van der Waals surface area contributed by atoms with Crippen LogP contribution >= 0.6 is 11.6 Å². The molecule has 0 atom stereocenters. The highest BCUT2D eigenvalue weighted by Crippen LogP contribution is 2.33. The summed E-state index contributed by atoms with van der Waals surface area (Å²) >= 11 is 6.00. The smallest absolute Gasteiger partial charge is 0.133 e. The Hall–Kier alpha value is -1.61. The Balaban J connectivity index is 2.17. The molecule has 2 aliphatic heterocycles. The number of hydrogen-bond acceptors (Lipinski definition) is 2. The summed E-state index contributed by atoms with van der Waals surface area (Å²) in [6.45, 7) is 0.633. The van der Waals surface area contributed by atoms with E-state index >= 15 is 0 Å². The molecule has 3 rings (SSSR count). The molecule has 0 saturated carbocycles. The third-order valence-electron chi connectivity index (χ3n) is 2.62. The second kappa shape index (κ2) is 3.46. The predicted octanol–water partition coefficient (Wildman–Crippen LogP) is 3.41. The Morgan fingerprint density at radius 1 is 1.31 bits per heavy atom. The molecule has 2 heterocycles. The highest BCUT2D eigenvalue weighted by molar-refractivity contribution is 6.31. The molecule has 0 fully saturated rings. The van der Waals surface area contributed by atoms with Crippen molar-refractivity contribution in [1.29, 1.82) is 0 Å². The lowest BCUT2D eigenvalue weighted by Gasteiger charge is -2.27. The molecule has 80 valence electrons. The number of benzene rings is 1. The number of aliphatic imine (C=N–C) groups is 1. The Morgan fingerprint density at radius 2 is 2.19 bits per heavy atom. The average molecular weight is 235 g/mol. The summed E-state index contributed by atoms with van der Waals surface area (Å²) in [7, 11) is 0. The van der Waals surface area contributed by atoms with E-state index in [-0.39, 0.29) is 5.82 Å². The Kier molecular flexibility index (Phi) is 2.07. The van der Waals surface area contributed by atoms with Crippen molar-refractivity contribution in [1.82, 2.24) is 4.90 Å². The normalized spacial score (nSPS) is 16.9. The van der Waals surface area contributed by atoms with E-state index in [1.165, 1.54) is 12.1 Å². The number of allylic oxidation sites excluding steroid dienone is 2. The van der Waals surface area contributed by atoms with Crippen molar-refractivity contribution in [2.75, 3.05) is 0 Å². The maximum Gasteiger partial charge on any atom is 0.133 e. The molecule has 0 spiro atoms. The first-order valence-corrected chi connectivity index (χ1v) is 5.30. The molecule has 0 N–H and O–H groups in total. The van der Waals surface area contributed by atoms with E-state index in [4.69, 9.17) is 11.6 Å². The monoisotopic (exact) mass is 234 g/mol. The SMILES string of the molecule is Fc1cc(Cl)c2c(c1)N=C1C=CC=CN1C2. The van der Waals surface area contributed by atoms with Crippen LogP contribution in [0.4, 0.5) is 10.1 Å². The molecule has 0 saturated heterocycles. The fraction of sp³-hybridized carbons (Fsp3) is 0.0833. The van der Waals surface area contributed by atoms with E-state index in [2.05, 4.69) is 4.99 Å². The minimum atomic E-state index is -0.350. The van der Waals surface area contributed by atoms with Crippen LogP contribution in [0.2, 0.25) is 5.02 Å². The van der Waals surface area contributed by atoms with Gasteiger partial charge in [0.25, 0.3) is 0 Å². The third kappa shape index (κ3) is 1.44. The first-order chi connectivity index (χ1) is 7.74. The third-order valence-corrected chi connectivity index (χ3v) is 2.95. The van der Waals surface area contributed by atoms with Gasteiger partial charge in [0.1, 0.15) is 11.7 Å². The summed E-state index contributed by atoms with van der Waals surface area (Å²) in [6, 6.07) is 2.74. The molecule has 4 heteroatoms. The van der Waals surface area contributed by atoms with Gasteiger partial charge in [-0.2, -0.15) is 0 Å². The molecule has 16 heavy (non-hydrogen) atoms. The topological polar surface area (TPSA) is 15.6 Å². The van der Waals surface area contributed by atoms with Gasteiger partial charge in [-0.15, -0.1) is 0 Å². The summed E-state index contributed by atoms with van der Waals surface area (Å²) in [6.07, 6.45) is 7.66. The highest BCUT2D eigenvalue weighted by Gasteiger charge is 2.20. The van der Waals surface area contributed by atoms with Gasteiger partial charge in [0.05, 0.1) is 17.3 Å². The number of rotatable bonds is 0. The van der Waals surface area contributed by atoms with Crippen LogP contribution in [0.1, 0.15) is 5.56 Å². The van der Waals surface area contributed by atoms with Gasteiger partial charge in [-0.05, 0) is 18.2 Å². The van der Waals surface area contributed by atoms with Crippen molar-refractivity contribution in [3.63, 3.8) is 0 Å². The van der Waals surface area contributed by atoms with Crippen LogP contribution in [0.5, 0.6) is 0 Å². The first-order valence-electron chi connectivity index (χ1n) is 4.92. The van der Waals surface area contributed by atoms with Crippen molar-refractivity contribution in [3.05, 3.63) is 53.0 Å². The summed E-state index contributed by atoms with van der Waals surface area (Å²) in [5.74, 6) is 0.466. The van der Waals surface area contributed by atoms with Gasteiger partial charge in [-0.3, -0.25) is 0 Å². The predicted molar refractivity (Wildman–Crippen MR) is 62.3 cm³/mol. The van der Waals surface area contributed by atoms with Crippen LogP contribution in [0.15, 0.2) is 41.6 Å². The molecule has 0 aromatic heterocycles. The van der Waals surface area contributed by atoms with Gasteiger partial charge in [0.2, 0.25) is 0 Å². The van der Waals surface area contributed by atoms with Crippen molar-refractivity contribution in [2.24, 2.45) is 4.99 Å². The van der Waals surface area contributed by atoms with Gasteiger partial charge in [-0.1, -0.05) is 17.7 Å². The number of amidine groups is 1. The van der Waals surface area contributed by atoms with E-state index in [9.17, 15) is 4.39 Å². The van der Waals surface area contributed by atoms with E-state index in [1.807, 2.05) is 29.3 Å². The molecule has 0 unspecified atom stereocenters. The molecular weight excluding hydrogens is 227 g/mol. The molecule has 2 nitrogen and oxygen atoms in total. The number of hydrogen-bond donors (Lipinski definition) is 0. The van der Waals surface area contributed by atoms with Crippen molar-refractivity contribution in [3.8, 4) is 0 Å². The van der Waals surface area contributed by atoms with Crippen LogP contribution in [0, 0.1) is 5.82 Å². The van der Waals surface area contributed by atoms with E-state index in [1.54, 1.807) is 0 Å². The minimum Gasteiger partial charge on any atom is -0.328 e. The lowest BCUT2D eigenvalue weighted by molar-refractivity contribution is 0.542. The molecule has 1 aromatic carbocycles. The second-order valence-electron chi connectivity index (χ2n) is 3.68. The first kappa shape index (κ1) is 9.60. The van der Waals surface area contributed by atoms with Gasteiger partial charge in [0.15, 0.2) is 0 Å². The van der Waals surface area contributed by atoms with Crippen LogP contribution in [0.3, 0.4) is 0 Å². The van der Waals surface area contributed by atoms with Crippen LogP contribution < -0.4 is 0 Å². The molecular formula is C12H8ClFN2. The van der Waals surface area contributed by atoms with Crippen molar-refractivity contribution in [2.45, 2.75) is 6.54 Å². The zero-order valence-corrected chi connectivity index (χ0v) is 9.08. The highest BCUT2D eigenvalue weighted by atomic mass is 35.5. The van der Waals surface area contributed by atoms with Crippen molar-refractivity contribution < 1.29 is 4.39 Å². The van der Waals surface area contributed by atoms with Gasteiger partial charge >= 0.3 is 0 Å². The molecule has 0 aliphatic carbocycles. The van der Waals surface area contributed by atoms with Gasteiger partial charge in [-0.25, -0.2) is 9.38 Å². The number of halogens is 2. The maximum absolute atomic E-state index is 13.2. The van der Waals surface area contributed by atoms with Gasteiger partial charge in [0, 0.05) is 17.8 Å². The largest absolute Gasteiger partial charge is 0.328 e. The number of nitrogens with zero attached hydrogens (tertiary/aromatic N) is 2. The standard InChI is InChI=1S/C12H8ClFN2/c13-10-5-8(14)6-11-9(10)7-16-4-2-1-3-12(16)15-11/h1-6H,7H2. The average Bonchev–Trinajstić information content (AvgIpc) is 2.27. The van der Waals surface area contributed by atoms with Gasteiger partial charge < -0.3 is 4.90 Å². The molecule has 0 bridgehead atoms. The van der Waals surface area contributed by atoms with Crippen LogP contribution in [-0.4, -0.2) is 10.7 Å². The summed E-state index contributed by atoms with van der Waals surface area (Å²) < 4.78 is 13.2. The Morgan fingerprint density at radius 3 is 3.06 bits per heavy atom. The second-order valence-corrected chi connectivity index (χ2v) is 4.09. The zero-order valence-electron chi connectivity index (χ0n) is 8.32. The van der Waals surface area contributed by atoms with Crippen LogP contribution in [-0.2, 0) is 6.54 Å². The van der Waals surface area contributed by atoms with Crippen LogP contribution in [0.25, 0.3) is 0 Å². The summed E-state index contributed by atoms with van der Waals surface area (Å²) in [5, 5.41) is 0.431. The maximum atomic E-state index is 13.2. The van der Waals surface area contributed by atoms with E-state index < -0.39 is 0 Å². The zero-order chi connectivity index (χ0) is 11.1. The Bertz CT molecular complexity index is 546. The lowest BCUT2D eigenvalue weighted by Crippen LogP contribution is -2.27. The molecule has 1 aromatic rings. The van der Waals surface area contributed by atoms with Crippen molar-refractivity contribution >= 4 is 23.1 Å². The molecule has 2 aliphatic rings.